The number of nitrogens with one attached hydrogen (secondary N) is 2. The maximum atomic E-state index is 12.5. The highest BCUT2D eigenvalue weighted by molar-refractivity contribution is 5.85. The number of aryl methyl sites for hydroxylation is 1. The van der Waals surface area contributed by atoms with E-state index in [1.54, 1.807) is 0 Å². The number of carbonyl (C=O) groups is 1. The number of hydrogen-bond donors (Lipinski definition) is 2. The Morgan fingerprint density at radius 2 is 1.95 bits per heavy atom. The van der Waals surface area contributed by atoms with Crippen molar-refractivity contribution in [3.8, 4) is 0 Å². The monoisotopic (exact) mass is 292 g/mol. The first kappa shape index (κ1) is 13.9. The molecule has 1 aliphatic heterocycles. The number of halogens is 1. The van der Waals surface area contributed by atoms with Crippen LogP contribution in [0.25, 0.3) is 0 Å². The van der Waals surface area contributed by atoms with Crippen LogP contribution in [0.15, 0.2) is 24.3 Å². The van der Waals surface area contributed by atoms with E-state index in [0.717, 1.165) is 32.4 Å². The molecule has 3 nitrogen and oxygen atoms in total. The molecule has 4 heteroatoms. The fourth-order valence-electron chi connectivity index (χ4n) is 3.92. The molecule has 1 heterocycles. The van der Waals surface area contributed by atoms with Crippen molar-refractivity contribution in [3.63, 3.8) is 0 Å². The van der Waals surface area contributed by atoms with E-state index in [-0.39, 0.29) is 24.2 Å². The molecule has 1 aromatic rings. The van der Waals surface area contributed by atoms with Gasteiger partial charge >= 0.3 is 0 Å². The molecule has 0 spiro atoms. The highest BCUT2D eigenvalue weighted by Crippen LogP contribution is 2.42. The summed E-state index contributed by atoms with van der Waals surface area (Å²) in [6.45, 7) is 2.16. The molecule has 0 radical (unpaired) electrons. The highest BCUT2D eigenvalue weighted by atomic mass is 35.5. The van der Waals surface area contributed by atoms with Crippen LogP contribution in [0.3, 0.4) is 0 Å². The Kier molecular flexibility index (Phi) is 3.74. The van der Waals surface area contributed by atoms with Gasteiger partial charge in [0.05, 0.1) is 5.92 Å². The molecule has 20 heavy (non-hydrogen) atoms. The summed E-state index contributed by atoms with van der Waals surface area (Å²) >= 11 is 0. The number of hydrogen-bond acceptors (Lipinski definition) is 2. The summed E-state index contributed by atoms with van der Waals surface area (Å²) in [7, 11) is 0. The van der Waals surface area contributed by atoms with E-state index in [4.69, 9.17) is 0 Å². The number of amides is 1. The third-order valence-corrected chi connectivity index (χ3v) is 5.09. The van der Waals surface area contributed by atoms with Gasteiger partial charge in [0, 0.05) is 19.1 Å². The van der Waals surface area contributed by atoms with Crippen molar-refractivity contribution >= 4 is 18.3 Å². The van der Waals surface area contributed by atoms with Crippen LogP contribution in [-0.4, -0.2) is 25.0 Å². The van der Waals surface area contributed by atoms with Gasteiger partial charge in [0.2, 0.25) is 5.91 Å². The third kappa shape index (κ3) is 2.23. The van der Waals surface area contributed by atoms with Crippen LogP contribution in [0.5, 0.6) is 0 Å². The molecule has 1 saturated carbocycles. The SMILES string of the molecule is Cl.O=C(NC1C2CNCC21)C1CCCc2ccccc21. The van der Waals surface area contributed by atoms with Crippen LogP contribution in [0, 0.1) is 11.8 Å². The Morgan fingerprint density at radius 1 is 1.20 bits per heavy atom. The Balaban J connectivity index is 0.00000121. The molecule has 2 fully saturated rings. The Morgan fingerprint density at radius 3 is 2.75 bits per heavy atom. The van der Waals surface area contributed by atoms with Crippen LogP contribution in [-0.2, 0) is 11.2 Å². The second-order valence-corrected chi connectivity index (χ2v) is 6.16. The molecule has 1 saturated heterocycles. The van der Waals surface area contributed by atoms with E-state index < -0.39 is 0 Å². The summed E-state index contributed by atoms with van der Waals surface area (Å²) < 4.78 is 0. The molecule has 4 rings (SSSR count). The number of carbonyl (C=O) groups excluding carboxylic acids is 1. The lowest BCUT2D eigenvalue weighted by Crippen LogP contribution is -2.36. The minimum Gasteiger partial charge on any atom is -0.352 e. The van der Waals surface area contributed by atoms with Gasteiger partial charge in [0.1, 0.15) is 0 Å². The summed E-state index contributed by atoms with van der Waals surface area (Å²) in [5.41, 5.74) is 2.63. The first-order chi connectivity index (χ1) is 9.34. The predicted octanol–water partition coefficient (Wildman–Crippen LogP) is 1.86. The van der Waals surface area contributed by atoms with Crippen molar-refractivity contribution in [2.24, 2.45) is 11.8 Å². The smallest absolute Gasteiger partial charge is 0.227 e. The Labute approximate surface area is 125 Å². The minimum absolute atomic E-state index is 0. The second-order valence-electron chi connectivity index (χ2n) is 6.16. The lowest BCUT2D eigenvalue weighted by atomic mass is 9.82. The summed E-state index contributed by atoms with van der Waals surface area (Å²) in [6.07, 6.45) is 3.26. The van der Waals surface area contributed by atoms with E-state index in [9.17, 15) is 4.79 Å². The van der Waals surface area contributed by atoms with E-state index in [1.165, 1.54) is 11.1 Å². The molecule has 1 aromatic carbocycles. The summed E-state index contributed by atoms with van der Waals surface area (Å²) in [6, 6.07) is 8.89. The quantitative estimate of drug-likeness (QED) is 0.874. The predicted molar refractivity (Wildman–Crippen MR) is 81.1 cm³/mol. The van der Waals surface area contributed by atoms with Gasteiger partial charge in [-0.2, -0.15) is 0 Å². The molecule has 0 aromatic heterocycles. The normalized spacial score (nSPS) is 33.6. The fourth-order valence-corrected chi connectivity index (χ4v) is 3.92. The van der Waals surface area contributed by atoms with E-state index in [2.05, 4.69) is 34.9 Å². The average molecular weight is 293 g/mol. The molecule has 108 valence electrons. The molecule has 3 aliphatic rings. The van der Waals surface area contributed by atoms with Crippen LogP contribution >= 0.6 is 12.4 Å². The molecule has 3 atom stereocenters. The van der Waals surface area contributed by atoms with Crippen molar-refractivity contribution in [2.45, 2.75) is 31.2 Å². The van der Waals surface area contributed by atoms with Crippen molar-refractivity contribution in [1.82, 2.24) is 10.6 Å². The van der Waals surface area contributed by atoms with E-state index in [1.807, 2.05) is 0 Å². The first-order valence-electron chi connectivity index (χ1n) is 7.43. The zero-order valence-corrected chi connectivity index (χ0v) is 12.3. The van der Waals surface area contributed by atoms with Gasteiger partial charge < -0.3 is 10.6 Å². The summed E-state index contributed by atoms with van der Waals surface area (Å²) in [5.74, 6) is 1.73. The molecular formula is C16H21ClN2O. The second kappa shape index (κ2) is 5.38. The van der Waals surface area contributed by atoms with E-state index >= 15 is 0 Å². The molecule has 2 aliphatic carbocycles. The van der Waals surface area contributed by atoms with Gasteiger partial charge in [-0.25, -0.2) is 0 Å². The molecule has 0 bridgehead atoms. The van der Waals surface area contributed by atoms with Gasteiger partial charge in [-0.15, -0.1) is 12.4 Å². The van der Waals surface area contributed by atoms with Gasteiger partial charge in [-0.1, -0.05) is 24.3 Å². The number of rotatable bonds is 2. The molecule has 3 unspecified atom stereocenters. The number of benzene rings is 1. The average Bonchev–Trinajstić information content (AvgIpc) is 2.88. The van der Waals surface area contributed by atoms with Gasteiger partial charge in [0.15, 0.2) is 0 Å². The van der Waals surface area contributed by atoms with Crippen molar-refractivity contribution in [3.05, 3.63) is 35.4 Å². The molecule has 1 amide bonds. The largest absolute Gasteiger partial charge is 0.352 e. The lowest BCUT2D eigenvalue weighted by Gasteiger charge is -2.25. The maximum Gasteiger partial charge on any atom is 0.227 e. The van der Waals surface area contributed by atoms with Crippen LogP contribution in [0.2, 0.25) is 0 Å². The Bertz CT molecular complexity index is 509. The van der Waals surface area contributed by atoms with Gasteiger partial charge in [-0.3, -0.25) is 4.79 Å². The molecular weight excluding hydrogens is 272 g/mol. The van der Waals surface area contributed by atoms with Gasteiger partial charge in [0.25, 0.3) is 0 Å². The number of fused-ring (bicyclic) bond motifs is 2. The highest BCUT2D eigenvalue weighted by Gasteiger charge is 2.54. The van der Waals surface area contributed by atoms with E-state index in [0.29, 0.717) is 17.9 Å². The zero-order chi connectivity index (χ0) is 12.8. The van der Waals surface area contributed by atoms with Crippen molar-refractivity contribution in [2.75, 3.05) is 13.1 Å². The van der Waals surface area contributed by atoms with Crippen LogP contribution in [0.4, 0.5) is 0 Å². The zero-order valence-electron chi connectivity index (χ0n) is 11.5. The standard InChI is InChI=1S/C16H20N2O.ClH/c19-16(18-15-13-8-17-9-14(13)15)12-7-3-5-10-4-1-2-6-11(10)12;/h1-2,4,6,12-15,17H,3,5,7-9H2,(H,18,19);1H. The third-order valence-electron chi connectivity index (χ3n) is 5.09. The lowest BCUT2D eigenvalue weighted by molar-refractivity contribution is -0.123. The van der Waals surface area contributed by atoms with Gasteiger partial charge in [-0.05, 0) is 42.2 Å². The van der Waals surface area contributed by atoms with Crippen LogP contribution in [0.1, 0.15) is 29.9 Å². The van der Waals surface area contributed by atoms with Crippen molar-refractivity contribution < 1.29 is 4.79 Å². The van der Waals surface area contributed by atoms with Crippen LogP contribution < -0.4 is 10.6 Å². The van der Waals surface area contributed by atoms with Crippen molar-refractivity contribution in [1.29, 1.82) is 0 Å². The number of piperidine rings is 1. The first-order valence-corrected chi connectivity index (χ1v) is 7.43. The summed E-state index contributed by atoms with van der Waals surface area (Å²) in [5, 5.41) is 6.66. The minimum atomic E-state index is 0. The topological polar surface area (TPSA) is 41.1 Å². The fraction of sp³-hybridized carbons (Fsp3) is 0.562. The Hall–Kier alpha value is -1.06. The summed E-state index contributed by atoms with van der Waals surface area (Å²) in [4.78, 5) is 12.5. The molecule has 2 N–H and O–H groups in total. The maximum absolute atomic E-state index is 12.5.